The summed E-state index contributed by atoms with van der Waals surface area (Å²) in [7, 11) is 0. The average molecular weight is 280 g/mol. The van der Waals surface area contributed by atoms with Crippen molar-refractivity contribution in [2.24, 2.45) is 5.84 Å². The van der Waals surface area contributed by atoms with Crippen molar-refractivity contribution in [2.75, 3.05) is 31.1 Å². The molecule has 1 aromatic rings. The average Bonchev–Trinajstić information content (AvgIpc) is 2.49. The second kappa shape index (κ2) is 6.67. The normalized spacial score (nSPS) is 17.9. The number of nitrogens with one attached hydrogen (secondary N) is 1. The van der Waals surface area contributed by atoms with Crippen LogP contribution in [0.3, 0.4) is 0 Å². The van der Waals surface area contributed by atoms with Crippen LogP contribution in [-0.4, -0.2) is 43.0 Å². The summed E-state index contributed by atoms with van der Waals surface area (Å²) < 4.78 is 13.7. The van der Waals surface area contributed by atoms with Gasteiger partial charge in [-0.1, -0.05) is 19.1 Å². The summed E-state index contributed by atoms with van der Waals surface area (Å²) >= 11 is 0. The van der Waals surface area contributed by atoms with Crippen molar-refractivity contribution in [3.63, 3.8) is 0 Å². The number of carbonyl (C=O) groups is 1. The van der Waals surface area contributed by atoms with Gasteiger partial charge in [0.15, 0.2) is 0 Å². The second-order valence-electron chi connectivity index (χ2n) is 4.91. The first-order valence-electron chi connectivity index (χ1n) is 6.91. The number of para-hydroxylation sites is 1. The molecule has 5 nitrogen and oxygen atoms in total. The number of hydrazine groups is 1. The van der Waals surface area contributed by atoms with Crippen molar-refractivity contribution in [1.82, 2.24) is 10.3 Å². The summed E-state index contributed by atoms with van der Waals surface area (Å²) in [6.45, 7) is 4.81. The Bertz CT molecular complexity index is 460. The van der Waals surface area contributed by atoms with Crippen LogP contribution in [-0.2, 0) is 4.79 Å². The molecule has 1 atom stereocenters. The third-order valence-corrected chi connectivity index (χ3v) is 3.78. The van der Waals surface area contributed by atoms with Crippen LogP contribution < -0.4 is 16.2 Å². The van der Waals surface area contributed by atoms with Gasteiger partial charge in [-0.2, -0.15) is 0 Å². The SMILES string of the molecule is CCC(C(=O)NN)N1CCN(c2ccccc2F)CC1. The van der Waals surface area contributed by atoms with E-state index in [0.717, 1.165) is 13.1 Å². The fourth-order valence-corrected chi connectivity index (χ4v) is 2.69. The molecule has 1 unspecified atom stereocenters. The molecule has 1 aromatic carbocycles. The van der Waals surface area contributed by atoms with Crippen LogP contribution in [0.25, 0.3) is 0 Å². The van der Waals surface area contributed by atoms with Crippen molar-refractivity contribution in [2.45, 2.75) is 19.4 Å². The number of nitrogens with two attached hydrogens (primary N) is 1. The van der Waals surface area contributed by atoms with Crippen LogP contribution in [0.5, 0.6) is 0 Å². The number of anilines is 1. The van der Waals surface area contributed by atoms with E-state index in [2.05, 4.69) is 10.3 Å². The van der Waals surface area contributed by atoms with E-state index in [1.807, 2.05) is 17.9 Å². The minimum absolute atomic E-state index is 0.160. The summed E-state index contributed by atoms with van der Waals surface area (Å²) in [5.74, 6) is 4.85. The highest BCUT2D eigenvalue weighted by molar-refractivity contribution is 5.81. The number of halogens is 1. The Balaban J connectivity index is 1.99. The largest absolute Gasteiger partial charge is 0.367 e. The third-order valence-electron chi connectivity index (χ3n) is 3.78. The lowest BCUT2D eigenvalue weighted by atomic mass is 10.1. The maximum Gasteiger partial charge on any atom is 0.251 e. The molecule has 1 aliphatic rings. The van der Waals surface area contributed by atoms with Crippen LogP contribution in [0.1, 0.15) is 13.3 Å². The second-order valence-corrected chi connectivity index (χ2v) is 4.91. The number of piperazine rings is 1. The molecule has 6 heteroatoms. The molecule has 2 rings (SSSR count). The van der Waals surface area contributed by atoms with Gasteiger partial charge < -0.3 is 4.90 Å². The van der Waals surface area contributed by atoms with Crippen LogP contribution in [0.4, 0.5) is 10.1 Å². The molecular weight excluding hydrogens is 259 g/mol. The highest BCUT2D eigenvalue weighted by Crippen LogP contribution is 2.21. The van der Waals surface area contributed by atoms with Gasteiger partial charge in [0, 0.05) is 26.2 Å². The summed E-state index contributed by atoms with van der Waals surface area (Å²) in [5.41, 5.74) is 2.84. The maximum absolute atomic E-state index is 13.7. The van der Waals surface area contributed by atoms with E-state index in [0.29, 0.717) is 25.2 Å². The molecule has 0 saturated carbocycles. The summed E-state index contributed by atoms with van der Waals surface area (Å²) in [4.78, 5) is 15.8. The van der Waals surface area contributed by atoms with Gasteiger partial charge in [0.25, 0.3) is 5.91 Å². The van der Waals surface area contributed by atoms with E-state index in [1.54, 1.807) is 12.1 Å². The molecule has 1 amide bonds. The molecule has 0 aliphatic carbocycles. The van der Waals surface area contributed by atoms with Crippen molar-refractivity contribution in [3.8, 4) is 0 Å². The molecule has 20 heavy (non-hydrogen) atoms. The highest BCUT2D eigenvalue weighted by Gasteiger charge is 2.27. The first-order chi connectivity index (χ1) is 9.67. The first kappa shape index (κ1) is 14.7. The molecule has 110 valence electrons. The number of benzene rings is 1. The van der Waals surface area contributed by atoms with Gasteiger partial charge in [0.05, 0.1) is 11.7 Å². The lowest BCUT2D eigenvalue weighted by Gasteiger charge is -2.39. The highest BCUT2D eigenvalue weighted by atomic mass is 19.1. The van der Waals surface area contributed by atoms with E-state index in [4.69, 9.17) is 5.84 Å². The van der Waals surface area contributed by atoms with E-state index >= 15 is 0 Å². The zero-order chi connectivity index (χ0) is 14.5. The number of nitrogens with zero attached hydrogens (tertiary/aromatic N) is 2. The van der Waals surface area contributed by atoms with Crippen LogP contribution in [0.15, 0.2) is 24.3 Å². The number of hydrogen-bond acceptors (Lipinski definition) is 4. The Morgan fingerprint density at radius 3 is 2.55 bits per heavy atom. The predicted molar refractivity (Wildman–Crippen MR) is 76.6 cm³/mol. The lowest BCUT2D eigenvalue weighted by molar-refractivity contribution is -0.126. The summed E-state index contributed by atoms with van der Waals surface area (Å²) in [6.07, 6.45) is 0.711. The molecule has 0 bridgehead atoms. The molecule has 0 spiro atoms. The van der Waals surface area contributed by atoms with E-state index in [1.165, 1.54) is 6.07 Å². The molecule has 0 aromatic heterocycles. The topological polar surface area (TPSA) is 61.6 Å². The van der Waals surface area contributed by atoms with Gasteiger partial charge in [-0.25, -0.2) is 10.2 Å². The van der Waals surface area contributed by atoms with Crippen LogP contribution in [0, 0.1) is 5.82 Å². The quantitative estimate of drug-likeness (QED) is 0.484. The third kappa shape index (κ3) is 3.08. The maximum atomic E-state index is 13.7. The minimum atomic E-state index is -0.206. The van der Waals surface area contributed by atoms with Crippen molar-refractivity contribution >= 4 is 11.6 Å². The molecule has 1 heterocycles. The summed E-state index contributed by atoms with van der Waals surface area (Å²) in [5, 5.41) is 0. The standard InChI is InChI=1S/C14H21FN4O/c1-2-12(14(20)17-16)18-7-9-19(10-8-18)13-6-4-3-5-11(13)15/h3-6,12H,2,7-10,16H2,1H3,(H,17,20). The van der Waals surface area contributed by atoms with Crippen LogP contribution in [0.2, 0.25) is 0 Å². The molecule has 0 radical (unpaired) electrons. The Hall–Kier alpha value is -1.66. The fourth-order valence-electron chi connectivity index (χ4n) is 2.69. The van der Waals surface area contributed by atoms with Gasteiger partial charge >= 0.3 is 0 Å². The number of hydrogen-bond donors (Lipinski definition) is 2. The van der Waals surface area contributed by atoms with Crippen molar-refractivity contribution < 1.29 is 9.18 Å². The number of amides is 1. The van der Waals surface area contributed by atoms with Gasteiger partial charge in [-0.15, -0.1) is 0 Å². The van der Waals surface area contributed by atoms with E-state index in [-0.39, 0.29) is 17.8 Å². The molecular formula is C14H21FN4O. The van der Waals surface area contributed by atoms with Gasteiger partial charge in [0.1, 0.15) is 5.82 Å². The molecule has 1 fully saturated rings. The van der Waals surface area contributed by atoms with E-state index in [9.17, 15) is 9.18 Å². The monoisotopic (exact) mass is 280 g/mol. The van der Waals surface area contributed by atoms with Gasteiger partial charge in [0.2, 0.25) is 0 Å². The smallest absolute Gasteiger partial charge is 0.251 e. The zero-order valence-electron chi connectivity index (χ0n) is 11.7. The van der Waals surface area contributed by atoms with Gasteiger partial charge in [-0.3, -0.25) is 15.1 Å². The fraction of sp³-hybridized carbons (Fsp3) is 0.500. The minimum Gasteiger partial charge on any atom is -0.367 e. The first-order valence-corrected chi connectivity index (χ1v) is 6.91. The Labute approximate surface area is 118 Å². The molecule has 1 aliphatic heterocycles. The Morgan fingerprint density at radius 2 is 2.00 bits per heavy atom. The van der Waals surface area contributed by atoms with E-state index < -0.39 is 0 Å². The number of carbonyl (C=O) groups excluding carboxylic acids is 1. The van der Waals surface area contributed by atoms with Crippen molar-refractivity contribution in [1.29, 1.82) is 0 Å². The van der Waals surface area contributed by atoms with Crippen LogP contribution >= 0.6 is 0 Å². The molecule has 3 N–H and O–H groups in total. The Kier molecular flexibility index (Phi) is 4.92. The Morgan fingerprint density at radius 1 is 1.35 bits per heavy atom. The van der Waals surface area contributed by atoms with Crippen molar-refractivity contribution in [3.05, 3.63) is 30.1 Å². The molecule has 1 saturated heterocycles. The number of rotatable bonds is 4. The zero-order valence-corrected chi connectivity index (χ0v) is 11.7. The summed E-state index contributed by atoms with van der Waals surface area (Å²) in [6, 6.07) is 6.57. The lowest BCUT2D eigenvalue weighted by Crippen LogP contribution is -2.55. The van der Waals surface area contributed by atoms with Gasteiger partial charge in [-0.05, 0) is 18.6 Å². The predicted octanol–water partition coefficient (Wildman–Crippen LogP) is 0.716.